The van der Waals surface area contributed by atoms with Gasteiger partial charge in [-0.05, 0) is 25.5 Å². The molecule has 128 valence electrons. The van der Waals surface area contributed by atoms with E-state index < -0.39 is 0 Å². The zero-order valence-electron chi connectivity index (χ0n) is 14.0. The van der Waals surface area contributed by atoms with Crippen molar-refractivity contribution >= 4 is 16.7 Å². The maximum absolute atomic E-state index is 12.8. The summed E-state index contributed by atoms with van der Waals surface area (Å²) >= 11 is 0. The number of amides is 1. The highest BCUT2D eigenvalue weighted by atomic mass is 16.3. The Morgan fingerprint density at radius 1 is 1.36 bits per heavy atom. The van der Waals surface area contributed by atoms with Gasteiger partial charge in [-0.2, -0.15) is 0 Å². The highest BCUT2D eigenvalue weighted by molar-refractivity contribution is 5.94. The fourth-order valence-corrected chi connectivity index (χ4v) is 3.36. The van der Waals surface area contributed by atoms with Crippen LogP contribution in [0.15, 0.2) is 36.7 Å². The molecule has 1 aliphatic rings. The van der Waals surface area contributed by atoms with Gasteiger partial charge in [-0.3, -0.25) is 9.78 Å². The van der Waals surface area contributed by atoms with Gasteiger partial charge in [0.2, 0.25) is 0 Å². The molecule has 3 heterocycles. The third-order valence-corrected chi connectivity index (χ3v) is 4.81. The maximum Gasteiger partial charge on any atom is 0.276 e. The molecule has 0 bridgehead atoms. The quantitative estimate of drug-likeness (QED) is 0.784. The van der Waals surface area contributed by atoms with Crippen molar-refractivity contribution in [2.24, 2.45) is 5.92 Å². The Bertz CT molecular complexity index is 931. The van der Waals surface area contributed by atoms with Crippen LogP contribution in [0.4, 0.5) is 0 Å². The Hall–Kier alpha value is -2.80. The summed E-state index contributed by atoms with van der Waals surface area (Å²) in [7, 11) is 0. The SMILES string of the molecule is Cc1c(C(=O)N2CCC(CO)C2)nnn1-c1cccc2cnccc12. The van der Waals surface area contributed by atoms with Crippen molar-refractivity contribution in [2.45, 2.75) is 13.3 Å². The van der Waals surface area contributed by atoms with Gasteiger partial charge >= 0.3 is 0 Å². The Morgan fingerprint density at radius 2 is 2.24 bits per heavy atom. The van der Waals surface area contributed by atoms with Gasteiger partial charge in [-0.15, -0.1) is 5.10 Å². The minimum atomic E-state index is -0.124. The lowest BCUT2D eigenvalue weighted by Crippen LogP contribution is -2.30. The summed E-state index contributed by atoms with van der Waals surface area (Å²) in [4.78, 5) is 18.6. The summed E-state index contributed by atoms with van der Waals surface area (Å²) in [5, 5.41) is 19.6. The molecule has 0 aliphatic carbocycles. The van der Waals surface area contributed by atoms with Crippen LogP contribution in [0.1, 0.15) is 22.6 Å². The number of carbonyl (C=O) groups excluding carboxylic acids is 1. The van der Waals surface area contributed by atoms with E-state index in [0.29, 0.717) is 24.5 Å². The van der Waals surface area contributed by atoms with Crippen LogP contribution in [-0.4, -0.2) is 55.6 Å². The van der Waals surface area contributed by atoms with Crippen LogP contribution in [0, 0.1) is 12.8 Å². The van der Waals surface area contributed by atoms with Gasteiger partial charge < -0.3 is 10.0 Å². The molecular weight excluding hydrogens is 318 g/mol. The lowest BCUT2D eigenvalue weighted by atomic mass is 10.1. The Balaban J connectivity index is 1.71. The summed E-state index contributed by atoms with van der Waals surface area (Å²) < 4.78 is 1.70. The number of aliphatic hydroxyl groups excluding tert-OH is 1. The first-order valence-electron chi connectivity index (χ1n) is 8.34. The highest BCUT2D eigenvalue weighted by Gasteiger charge is 2.29. The zero-order chi connectivity index (χ0) is 17.4. The van der Waals surface area contributed by atoms with Gasteiger partial charge in [0.25, 0.3) is 5.91 Å². The normalized spacial score (nSPS) is 17.4. The minimum Gasteiger partial charge on any atom is -0.396 e. The number of pyridine rings is 1. The average molecular weight is 337 g/mol. The molecule has 1 amide bonds. The van der Waals surface area contributed by atoms with E-state index in [1.165, 1.54) is 0 Å². The van der Waals surface area contributed by atoms with E-state index >= 15 is 0 Å². The third-order valence-electron chi connectivity index (χ3n) is 4.81. The minimum absolute atomic E-state index is 0.111. The van der Waals surface area contributed by atoms with E-state index in [2.05, 4.69) is 15.3 Å². The van der Waals surface area contributed by atoms with E-state index in [-0.39, 0.29) is 18.4 Å². The molecule has 0 radical (unpaired) electrons. The number of likely N-dealkylation sites (tertiary alicyclic amines) is 1. The van der Waals surface area contributed by atoms with Crippen molar-refractivity contribution in [2.75, 3.05) is 19.7 Å². The lowest BCUT2D eigenvalue weighted by molar-refractivity contribution is 0.0775. The van der Waals surface area contributed by atoms with Gasteiger partial charge in [0.05, 0.1) is 11.4 Å². The number of benzene rings is 1. The standard InChI is InChI=1S/C18H19N5O2/c1-12-17(18(25)22-8-6-13(10-22)11-24)20-21-23(12)16-4-2-3-14-9-19-7-5-15(14)16/h2-5,7,9,13,24H,6,8,10-11H2,1H3. The van der Waals surface area contributed by atoms with E-state index in [4.69, 9.17) is 0 Å². The first-order chi connectivity index (χ1) is 12.2. The van der Waals surface area contributed by atoms with Crippen molar-refractivity contribution in [3.8, 4) is 5.69 Å². The summed E-state index contributed by atoms with van der Waals surface area (Å²) in [6.07, 6.45) is 4.37. The number of rotatable bonds is 3. The predicted octanol–water partition coefficient (Wildman–Crippen LogP) is 1.58. The van der Waals surface area contributed by atoms with Gasteiger partial charge in [-0.1, -0.05) is 17.3 Å². The molecule has 7 nitrogen and oxygen atoms in total. The number of aromatic nitrogens is 4. The predicted molar refractivity (Wildman–Crippen MR) is 92.5 cm³/mol. The Morgan fingerprint density at radius 3 is 3.04 bits per heavy atom. The van der Waals surface area contributed by atoms with Crippen molar-refractivity contribution < 1.29 is 9.90 Å². The van der Waals surface area contributed by atoms with Crippen LogP contribution >= 0.6 is 0 Å². The second-order valence-electron chi connectivity index (χ2n) is 6.40. The van der Waals surface area contributed by atoms with E-state index in [1.807, 2.05) is 31.2 Å². The van der Waals surface area contributed by atoms with Crippen LogP contribution in [0.2, 0.25) is 0 Å². The molecule has 1 saturated heterocycles. The molecule has 1 atom stereocenters. The Kier molecular flexibility index (Phi) is 3.93. The number of fused-ring (bicyclic) bond motifs is 1. The molecule has 0 saturated carbocycles. The van der Waals surface area contributed by atoms with Gasteiger partial charge in [-0.25, -0.2) is 4.68 Å². The zero-order valence-corrected chi connectivity index (χ0v) is 14.0. The average Bonchev–Trinajstić information content (AvgIpc) is 3.27. The van der Waals surface area contributed by atoms with E-state index in [9.17, 15) is 9.90 Å². The summed E-state index contributed by atoms with van der Waals surface area (Å²) in [6.45, 7) is 3.18. The van der Waals surface area contributed by atoms with Crippen LogP contribution in [0.3, 0.4) is 0 Å². The second-order valence-corrected chi connectivity index (χ2v) is 6.40. The molecule has 1 fully saturated rings. The molecule has 1 N–H and O–H groups in total. The van der Waals surface area contributed by atoms with E-state index in [1.54, 1.807) is 22.0 Å². The first-order valence-corrected chi connectivity index (χ1v) is 8.34. The molecular formula is C18H19N5O2. The highest BCUT2D eigenvalue weighted by Crippen LogP contribution is 2.24. The van der Waals surface area contributed by atoms with Crippen molar-refractivity contribution in [1.82, 2.24) is 24.9 Å². The topological polar surface area (TPSA) is 84.1 Å². The fourth-order valence-electron chi connectivity index (χ4n) is 3.36. The van der Waals surface area contributed by atoms with Crippen LogP contribution in [-0.2, 0) is 0 Å². The number of hydrogen-bond donors (Lipinski definition) is 1. The van der Waals surface area contributed by atoms with Crippen LogP contribution in [0.5, 0.6) is 0 Å². The monoisotopic (exact) mass is 337 g/mol. The summed E-state index contributed by atoms with van der Waals surface area (Å²) in [5.41, 5.74) is 1.95. The van der Waals surface area contributed by atoms with Gasteiger partial charge in [0.15, 0.2) is 5.69 Å². The fraction of sp³-hybridized carbons (Fsp3) is 0.333. The van der Waals surface area contributed by atoms with Gasteiger partial charge in [0.1, 0.15) is 0 Å². The van der Waals surface area contributed by atoms with Crippen LogP contribution < -0.4 is 0 Å². The molecule has 25 heavy (non-hydrogen) atoms. The lowest BCUT2D eigenvalue weighted by Gasteiger charge is -2.15. The summed E-state index contributed by atoms with van der Waals surface area (Å²) in [6, 6.07) is 7.81. The van der Waals surface area contributed by atoms with E-state index in [0.717, 1.165) is 22.9 Å². The number of hydrogen-bond acceptors (Lipinski definition) is 5. The van der Waals surface area contributed by atoms with Crippen molar-refractivity contribution in [3.63, 3.8) is 0 Å². The Labute approximate surface area is 144 Å². The smallest absolute Gasteiger partial charge is 0.276 e. The molecule has 0 spiro atoms. The number of nitrogens with zero attached hydrogens (tertiary/aromatic N) is 5. The van der Waals surface area contributed by atoms with Crippen molar-refractivity contribution in [1.29, 1.82) is 0 Å². The first kappa shape index (κ1) is 15.7. The molecule has 1 aliphatic heterocycles. The molecule has 7 heteroatoms. The third kappa shape index (κ3) is 2.66. The molecule has 1 unspecified atom stereocenters. The number of aliphatic hydroxyl groups is 1. The summed E-state index contributed by atoms with van der Waals surface area (Å²) in [5.74, 6) is 0.0338. The number of carbonyl (C=O) groups is 1. The molecule has 1 aromatic carbocycles. The van der Waals surface area contributed by atoms with Crippen LogP contribution in [0.25, 0.3) is 16.5 Å². The molecule has 2 aromatic heterocycles. The largest absolute Gasteiger partial charge is 0.396 e. The second kappa shape index (κ2) is 6.25. The van der Waals surface area contributed by atoms with Crippen molar-refractivity contribution in [3.05, 3.63) is 48.0 Å². The molecule has 4 rings (SSSR count). The van der Waals surface area contributed by atoms with Gasteiger partial charge in [0, 0.05) is 48.8 Å². The molecule has 3 aromatic rings. The maximum atomic E-state index is 12.8.